The van der Waals surface area contributed by atoms with Gasteiger partial charge in [-0.1, -0.05) is 161 Å². The van der Waals surface area contributed by atoms with Crippen molar-refractivity contribution < 1.29 is 0 Å². The van der Waals surface area contributed by atoms with Crippen LogP contribution in [-0.4, -0.2) is 19.9 Å². The molecule has 3 heterocycles. The van der Waals surface area contributed by atoms with Crippen LogP contribution in [0.3, 0.4) is 0 Å². The van der Waals surface area contributed by atoms with Crippen LogP contribution in [0, 0.1) is 0 Å². The van der Waals surface area contributed by atoms with Gasteiger partial charge in [-0.15, -0.1) is 0 Å². The van der Waals surface area contributed by atoms with Crippen molar-refractivity contribution in [2.45, 2.75) is 38.5 Å². The Morgan fingerprint density at radius 3 is 1.38 bits per heavy atom. The van der Waals surface area contributed by atoms with E-state index in [-0.39, 0.29) is 10.8 Å². The lowest BCUT2D eigenvalue weighted by Gasteiger charge is -2.23. The summed E-state index contributed by atoms with van der Waals surface area (Å²) in [4.78, 5) is 19.8. The zero-order valence-corrected chi connectivity index (χ0v) is 36.3. The molecule has 2 aliphatic rings. The Hall–Kier alpha value is -7.82. The highest BCUT2D eigenvalue weighted by atomic mass is 14.9. The van der Waals surface area contributed by atoms with E-state index >= 15 is 0 Å². The van der Waals surface area contributed by atoms with Gasteiger partial charge in [0.05, 0.1) is 11.2 Å². The average molecular weight is 821 g/mol. The van der Waals surface area contributed by atoms with Gasteiger partial charge in [0.25, 0.3) is 0 Å². The SMILES string of the molecule is CC1(C)c2ccccc2-c2ccc(-c3cc(-c4ccc5c(c4)C(C)(C)c4ccccc4-5)c4nc(-c5ccc(-c6cccnc6)cc5)nc(-c5ccc(-c6cccnc6)cc5)c4c3)cc21. The first-order chi connectivity index (χ1) is 31.2. The van der Waals surface area contributed by atoms with E-state index < -0.39 is 0 Å². The van der Waals surface area contributed by atoms with Gasteiger partial charge in [-0.05, 0) is 120 Å². The number of benzene rings is 7. The number of nitrogens with zero attached hydrogens (tertiary/aromatic N) is 4. The van der Waals surface area contributed by atoms with Crippen LogP contribution in [0.25, 0.3) is 100 Å². The van der Waals surface area contributed by atoms with Gasteiger partial charge in [-0.3, -0.25) is 9.97 Å². The molecule has 304 valence electrons. The molecular weight excluding hydrogens is 777 g/mol. The summed E-state index contributed by atoms with van der Waals surface area (Å²) in [5, 5.41) is 1.00. The van der Waals surface area contributed by atoms with Crippen LogP contribution in [0.5, 0.6) is 0 Å². The van der Waals surface area contributed by atoms with Gasteiger partial charge in [0.1, 0.15) is 0 Å². The lowest BCUT2D eigenvalue weighted by molar-refractivity contribution is 0.660. The number of hydrogen-bond acceptors (Lipinski definition) is 4. The largest absolute Gasteiger partial charge is 0.264 e. The molecule has 12 rings (SSSR count). The Kier molecular flexibility index (Phi) is 8.51. The Labute approximate surface area is 374 Å². The van der Waals surface area contributed by atoms with E-state index in [1.165, 1.54) is 50.1 Å². The molecule has 0 saturated heterocycles. The molecule has 0 aliphatic heterocycles. The molecule has 10 aromatic rings. The number of aromatic nitrogens is 4. The first kappa shape index (κ1) is 37.9. The Balaban J connectivity index is 1.11. The lowest BCUT2D eigenvalue weighted by atomic mass is 9.81. The molecule has 64 heavy (non-hydrogen) atoms. The third kappa shape index (κ3) is 5.97. The predicted molar refractivity (Wildman–Crippen MR) is 263 cm³/mol. The molecule has 0 atom stereocenters. The second kappa shape index (κ2) is 14.4. The molecule has 3 aromatic heterocycles. The summed E-state index contributed by atoms with van der Waals surface area (Å²) in [5.74, 6) is 0.677. The summed E-state index contributed by atoms with van der Waals surface area (Å²) in [6, 6.07) is 61.9. The van der Waals surface area contributed by atoms with Crippen LogP contribution in [0.2, 0.25) is 0 Å². The third-order valence-corrected chi connectivity index (χ3v) is 13.9. The molecule has 4 heteroatoms. The molecule has 4 nitrogen and oxygen atoms in total. The minimum atomic E-state index is -0.159. The Morgan fingerprint density at radius 2 is 0.812 bits per heavy atom. The van der Waals surface area contributed by atoms with Gasteiger partial charge >= 0.3 is 0 Å². The van der Waals surface area contributed by atoms with Crippen LogP contribution in [-0.2, 0) is 10.8 Å². The minimum absolute atomic E-state index is 0.131. The smallest absolute Gasteiger partial charge is 0.160 e. The van der Waals surface area contributed by atoms with E-state index in [0.29, 0.717) is 5.82 Å². The van der Waals surface area contributed by atoms with Crippen molar-refractivity contribution in [1.82, 2.24) is 19.9 Å². The lowest BCUT2D eigenvalue weighted by Crippen LogP contribution is -2.15. The zero-order chi connectivity index (χ0) is 43.2. The van der Waals surface area contributed by atoms with Crippen molar-refractivity contribution in [3.8, 4) is 89.4 Å². The fraction of sp³-hybridized carbons (Fsp3) is 0.100. The van der Waals surface area contributed by atoms with E-state index in [2.05, 4.69) is 195 Å². The molecule has 0 amide bonds. The standard InChI is InChI=1S/C60H44N4/c1-59(2)52-15-7-5-13-46(52)48-27-25-41(33-54(48)59)45-31-50(42-26-28-49-47-14-6-8-16-53(47)60(3,4)55(49)34-42)57-51(32-45)56(39-21-17-37(18-22-39)43-11-9-29-61-35-43)63-58(64-57)40-23-19-38(20-24-40)44-12-10-30-62-36-44/h5-36H,1-4H3. The number of rotatable bonds is 6. The zero-order valence-electron chi connectivity index (χ0n) is 36.3. The molecule has 0 spiro atoms. The normalized spacial score (nSPS) is 13.9. The summed E-state index contributed by atoms with van der Waals surface area (Å²) < 4.78 is 0. The summed E-state index contributed by atoms with van der Waals surface area (Å²) in [5.41, 5.74) is 23.0. The maximum Gasteiger partial charge on any atom is 0.160 e. The van der Waals surface area contributed by atoms with E-state index in [1.807, 2.05) is 30.7 Å². The minimum Gasteiger partial charge on any atom is -0.264 e. The number of hydrogen-bond donors (Lipinski definition) is 0. The molecule has 0 fully saturated rings. The van der Waals surface area contributed by atoms with Gasteiger partial charge < -0.3 is 0 Å². The Bertz CT molecular complexity index is 3460. The highest BCUT2D eigenvalue weighted by Crippen LogP contribution is 2.52. The molecule has 0 N–H and O–H groups in total. The van der Waals surface area contributed by atoms with E-state index in [0.717, 1.165) is 66.7 Å². The monoisotopic (exact) mass is 820 g/mol. The molecule has 0 unspecified atom stereocenters. The van der Waals surface area contributed by atoms with Crippen molar-refractivity contribution >= 4 is 10.9 Å². The topological polar surface area (TPSA) is 51.6 Å². The van der Waals surface area contributed by atoms with Crippen LogP contribution < -0.4 is 0 Å². The van der Waals surface area contributed by atoms with E-state index in [4.69, 9.17) is 9.97 Å². The quantitative estimate of drug-likeness (QED) is 0.168. The fourth-order valence-corrected chi connectivity index (χ4v) is 10.4. The predicted octanol–water partition coefficient (Wildman–Crippen LogP) is 15.0. The van der Waals surface area contributed by atoms with Crippen LogP contribution >= 0.6 is 0 Å². The fourth-order valence-electron chi connectivity index (χ4n) is 10.4. The van der Waals surface area contributed by atoms with Gasteiger partial charge in [-0.2, -0.15) is 0 Å². The van der Waals surface area contributed by atoms with Gasteiger partial charge in [0.2, 0.25) is 0 Å². The molecule has 0 saturated carbocycles. The average Bonchev–Trinajstić information content (AvgIpc) is 3.72. The van der Waals surface area contributed by atoms with E-state index in [9.17, 15) is 0 Å². The molecule has 7 aromatic carbocycles. The molecule has 2 aliphatic carbocycles. The molecular formula is C60H44N4. The van der Waals surface area contributed by atoms with Gasteiger partial charge in [0, 0.05) is 57.7 Å². The highest BCUT2D eigenvalue weighted by molar-refractivity contribution is 6.05. The third-order valence-electron chi connectivity index (χ3n) is 13.9. The van der Waals surface area contributed by atoms with Crippen molar-refractivity contribution in [3.05, 3.63) is 217 Å². The maximum absolute atomic E-state index is 5.56. The van der Waals surface area contributed by atoms with E-state index in [1.54, 1.807) is 6.20 Å². The van der Waals surface area contributed by atoms with Crippen LogP contribution in [0.4, 0.5) is 0 Å². The second-order valence-corrected chi connectivity index (χ2v) is 18.3. The summed E-state index contributed by atoms with van der Waals surface area (Å²) in [6.45, 7) is 9.40. The summed E-state index contributed by atoms with van der Waals surface area (Å²) in [7, 11) is 0. The Morgan fingerprint density at radius 1 is 0.328 bits per heavy atom. The first-order valence-electron chi connectivity index (χ1n) is 22.1. The number of fused-ring (bicyclic) bond motifs is 7. The van der Waals surface area contributed by atoms with Crippen LogP contribution in [0.1, 0.15) is 49.9 Å². The second-order valence-electron chi connectivity index (χ2n) is 18.3. The highest BCUT2D eigenvalue weighted by Gasteiger charge is 2.37. The number of pyridine rings is 2. The maximum atomic E-state index is 5.56. The summed E-state index contributed by atoms with van der Waals surface area (Å²) in [6.07, 6.45) is 7.43. The van der Waals surface area contributed by atoms with Crippen molar-refractivity contribution in [2.24, 2.45) is 0 Å². The van der Waals surface area contributed by atoms with Crippen LogP contribution in [0.15, 0.2) is 195 Å². The van der Waals surface area contributed by atoms with Gasteiger partial charge in [0.15, 0.2) is 5.82 Å². The molecule has 0 radical (unpaired) electrons. The molecule has 0 bridgehead atoms. The van der Waals surface area contributed by atoms with Crippen molar-refractivity contribution in [2.75, 3.05) is 0 Å². The first-order valence-corrected chi connectivity index (χ1v) is 22.1. The summed E-state index contributed by atoms with van der Waals surface area (Å²) >= 11 is 0. The van der Waals surface area contributed by atoms with Crippen molar-refractivity contribution in [1.29, 1.82) is 0 Å². The van der Waals surface area contributed by atoms with Crippen molar-refractivity contribution in [3.63, 3.8) is 0 Å². The van der Waals surface area contributed by atoms with Gasteiger partial charge in [-0.25, -0.2) is 9.97 Å².